The van der Waals surface area contributed by atoms with Crippen molar-refractivity contribution >= 4 is 16.8 Å². The zero-order valence-electron chi connectivity index (χ0n) is 18.8. The Morgan fingerprint density at radius 1 is 1.15 bits per heavy atom. The molecule has 3 heterocycles. The summed E-state index contributed by atoms with van der Waals surface area (Å²) in [6.45, 7) is 1.32. The summed E-state index contributed by atoms with van der Waals surface area (Å²) < 4.78 is 16.7. The highest BCUT2D eigenvalue weighted by Gasteiger charge is 2.29. The first-order chi connectivity index (χ1) is 16.1. The van der Waals surface area contributed by atoms with Gasteiger partial charge in [0.2, 0.25) is 0 Å². The van der Waals surface area contributed by atoms with Gasteiger partial charge < -0.3 is 23.8 Å². The zero-order valence-corrected chi connectivity index (χ0v) is 18.8. The molecule has 1 aliphatic rings. The number of carbonyl (C=O) groups is 1. The number of oxazole rings is 1. The topological polar surface area (TPSA) is 80.6 Å². The number of methoxy groups -OCH3 is 2. The van der Waals surface area contributed by atoms with E-state index in [9.17, 15) is 4.79 Å². The molecule has 170 valence electrons. The minimum absolute atomic E-state index is 0.00183. The maximum Gasteiger partial charge on any atom is 0.270 e. The maximum atomic E-state index is 13.2. The predicted octanol–water partition coefficient (Wildman–Crippen LogP) is 4.78. The molecule has 0 radical (unpaired) electrons. The lowest BCUT2D eigenvalue weighted by molar-refractivity contribution is 0.0693. The zero-order chi connectivity index (χ0) is 22.8. The van der Waals surface area contributed by atoms with Gasteiger partial charge in [0.15, 0.2) is 5.89 Å². The van der Waals surface area contributed by atoms with Crippen LogP contribution in [-0.2, 0) is 6.42 Å². The van der Waals surface area contributed by atoms with Crippen LogP contribution in [-0.4, -0.2) is 48.1 Å². The molecular formula is C26H27N3O4. The van der Waals surface area contributed by atoms with Crippen molar-refractivity contribution in [1.82, 2.24) is 14.9 Å². The molecule has 1 fully saturated rings. The first-order valence-corrected chi connectivity index (χ1v) is 11.2. The molecule has 5 rings (SSSR count). The van der Waals surface area contributed by atoms with E-state index < -0.39 is 0 Å². The molecule has 0 spiro atoms. The van der Waals surface area contributed by atoms with E-state index in [1.54, 1.807) is 20.4 Å². The third-order valence-electron chi connectivity index (χ3n) is 6.20. The van der Waals surface area contributed by atoms with E-state index in [1.165, 1.54) is 0 Å². The van der Waals surface area contributed by atoms with Crippen molar-refractivity contribution in [3.8, 4) is 11.5 Å². The molecule has 1 saturated heterocycles. The van der Waals surface area contributed by atoms with E-state index in [0.717, 1.165) is 53.1 Å². The SMILES string of the molecule is COc1cccc(Cc2cnc([C@@H]3CCCN(C(=O)c4cc5cc(OC)ccc5[nH]4)C3)o2)c1. The molecule has 0 saturated carbocycles. The van der Waals surface area contributed by atoms with Crippen molar-refractivity contribution in [2.75, 3.05) is 27.3 Å². The smallest absolute Gasteiger partial charge is 0.270 e. The fraction of sp³-hybridized carbons (Fsp3) is 0.308. The average molecular weight is 446 g/mol. The van der Waals surface area contributed by atoms with Crippen molar-refractivity contribution < 1.29 is 18.7 Å². The van der Waals surface area contributed by atoms with Gasteiger partial charge in [0.25, 0.3) is 5.91 Å². The molecule has 4 aromatic rings. The lowest BCUT2D eigenvalue weighted by atomic mass is 9.97. The van der Waals surface area contributed by atoms with Crippen LogP contribution in [0.4, 0.5) is 0 Å². The Morgan fingerprint density at radius 3 is 2.85 bits per heavy atom. The van der Waals surface area contributed by atoms with Crippen LogP contribution in [0.5, 0.6) is 11.5 Å². The van der Waals surface area contributed by atoms with Crippen LogP contribution in [0.15, 0.2) is 59.1 Å². The highest BCUT2D eigenvalue weighted by atomic mass is 16.5. The molecule has 1 N–H and O–H groups in total. The molecule has 0 bridgehead atoms. The van der Waals surface area contributed by atoms with Gasteiger partial charge in [-0.05, 0) is 54.8 Å². The Morgan fingerprint density at radius 2 is 2.00 bits per heavy atom. The van der Waals surface area contributed by atoms with Crippen molar-refractivity contribution in [2.24, 2.45) is 0 Å². The number of fused-ring (bicyclic) bond motifs is 1. The molecule has 2 aromatic carbocycles. The highest BCUT2D eigenvalue weighted by molar-refractivity contribution is 5.98. The van der Waals surface area contributed by atoms with Gasteiger partial charge in [-0.3, -0.25) is 4.79 Å². The number of nitrogens with one attached hydrogen (secondary N) is 1. The molecule has 0 aliphatic carbocycles. The van der Waals surface area contributed by atoms with Gasteiger partial charge >= 0.3 is 0 Å². The van der Waals surface area contributed by atoms with Crippen LogP contribution >= 0.6 is 0 Å². The van der Waals surface area contributed by atoms with Crippen LogP contribution in [0.2, 0.25) is 0 Å². The van der Waals surface area contributed by atoms with E-state index in [1.807, 2.05) is 53.4 Å². The van der Waals surface area contributed by atoms with E-state index in [-0.39, 0.29) is 11.8 Å². The van der Waals surface area contributed by atoms with Crippen molar-refractivity contribution in [1.29, 1.82) is 0 Å². The number of amides is 1. The van der Waals surface area contributed by atoms with Gasteiger partial charge in [-0.25, -0.2) is 4.98 Å². The van der Waals surface area contributed by atoms with Crippen LogP contribution in [0, 0.1) is 0 Å². The number of nitrogens with zero attached hydrogens (tertiary/aromatic N) is 2. The summed E-state index contributed by atoms with van der Waals surface area (Å²) in [5.41, 5.74) is 2.61. The average Bonchev–Trinajstić information content (AvgIpc) is 3.50. The number of hydrogen-bond acceptors (Lipinski definition) is 5. The summed E-state index contributed by atoms with van der Waals surface area (Å²) in [6, 6.07) is 15.6. The number of rotatable bonds is 6. The van der Waals surface area contributed by atoms with Crippen LogP contribution < -0.4 is 9.47 Å². The van der Waals surface area contributed by atoms with Gasteiger partial charge in [-0.2, -0.15) is 0 Å². The number of piperidine rings is 1. The van der Waals surface area contributed by atoms with Crippen molar-refractivity contribution in [2.45, 2.75) is 25.2 Å². The summed E-state index contributed by atoms with van der Waals surface area (Å²) in [7, 11) is 3.30. The lowest BCUT2D eigenvalue weighted by Crippen LogP contribution is -2.39. The van der Waals surface area contributed by atoms with Gasteiger partial charge in [-0.15, -0.1) is 0 Å². The Labute approximate surface area is 192 Å². The summed E-state index contributed by atoms with van der Waals surface area (Å²) in [5.74, 6) is 3.19. The second kappa shape index (κ2) is 9.02. The number of hydrogen-bond donors (Lipinski definition) is 1. The lowest BCUT2D eigenvalue weighted by Gasteiger charge is -2.31. The van der Waals surface area contributed by atoms with E-state index >= 15 is 0 Å². The van der Waals surface area contributed by atoms with Crippen LogP contribution in [0.3, 0.4) is 0 Å². The molecule has 2 aromatic heterocycles. The summed E-state index contributed by atoms with van der Waals surface area (Å²) >= 11 is 0. The fourth-order valence-electron chi connectivity index (χ4n) is 4.46. The predicted molar refractivity (Wildman–Crippen MR) is 125 cm³/mol. The quantitative estimate of drug-likeness (QED) is 0.462. The Bertz CT molecular complexity index is 1280. The summed E-state index contributed by atoms with van der Waals surface area (Å²) in [6.07, 6.45) is 4.31. The molecule has 7 nitrogen and oxygen atoms in total. The summed E-state index contributed by atoms with van der Waals surface area (Å²) in [5, 5.41) is 0.959. The number of H-pyrrole nitrogens is 1. The monoisotopic (exact) mass is 445 g/mol. The second-order valence-corrected chi connectivity index (χ2v) is 8.42. The largest absolute Gasteiger partial charge is 0.497 e. The van der Waals surface area contributed by atoms with Crippen LogP contribution in [0.1, 0.15) is 46.5 Å². The third kappa shape index (κ3) is 4.44. The fourth-order valence-corrected chi connectivity index (χ4v) is 4.46. The number of ether oxygens (including phenoxy) is 2. The maximum absolute atomic E-state index is 13.2. The standard InChI is InChI=1S/C26H27N3O4/c1-31-20-7-3-5-17(11-20)12-22-15-27-25(33-22)18-6-4-10-29(16-18)26(30)24-14-19-13-21(32-2)8-9-23(19)28-24/h3,5,7-9,11,13-15,18,28H,4,6,10,12,16H2,1-2H3/t18-/m1/s1. The van der Waals surface area contributed by atoms with E-state index in [0.29, 0.717) is 24.6 Å². The van der Waals surface area contributed by atoms with E-state index in [4.69, 9.17) is 13.9 Å². The Balaban J connectivity index is 1.28. The normalized spacial score (nSPS) is 16.2. The van der Waals surface area contributed by atoms with E-state index in [2.05, 4.69) is 9.97 Å². The number of likely N-dealkylation sites (tertiary alicyclic amines) is 1. The van der Waals surface area contributed by atoms with Gasteiger partial charge in [-0.1, -0.05) is 12.1 Å². The number of benzene rings is 2. The molecule has 33 heavy (non-hydrogen) atoms. The van der Waals surface area contributed by atoms with Crippen molar-refractivity contribution in [3.63, 3.8) is 0 Å². The van der Waals surface area contributed by atoms with Crippen molar-refractivity contribution in [3.05, 3.63) is 77.6 Å². The molecule has 7 heteroatoms. The second-order valence-electron chi connectivity index (χ2n) is 8.42. The van der Waals surface area contributed by atoms with Gasteiger partial charge in [0, 0.05) is 30.4 Å². The molecule has 0 unspecified atom stereocenters. The third-order valence-corrected chi connectivity index (χ3v) is 6.20. The Hall–Kier alpha value is -3.74. The number of aromatic amines is 1. The van der Waals surface area contributed by atoms with Gasteiger partial charge in [0.1, 0.15) is 23.0 Å². The first kappa shape index (κ1) is 21.1. The van der Waals surface area contributed by atoms with Gasteiger partial charge in [0.05, 0.1) is 26.3 Å². The molecule has 1 amide bonds. The molecule has 1 atom stereocenters. The minimum atomic E-state index is -0.00183. The molecular weight excluding hydrogens is 418 g/mol. The number of aromatic nitrogens is 2. The number of carbonyl (C=O) groups excluding carboxylic acids is 1. The highest BCUT2D eigenvalue weighted by Crippen LogP contribution is 2.29. The molecule has 1 aliphatic heterocycles. The van der Waals surface area contributed by atoms with Crippen LogP contribution in [0.25, 0.3) is 10.9 Å². The Kier molecular flexibility index (Phi) is 5.77. The first-order valence-electron chi connectivity index (χ1n) is 11.2. The summed E-state index contributed by atoms with van der Waals surface area (Å²) in [4.78, 5) is 22.9. The minimum Gasteiger partial charge on any atom is -0.497 e.